The quantitative estimate of drug-likeness (QED) is 0.410. The summed E-state index contributed by atoms with van der Waals surface area (Å²) in [5.41, 5.74) is 8.06. The Morgan fingerprint density at radius 1 is 1.75 bits per heavy atom. The lowest BCUT2D eigenvalue weighted by molar-refractivity contribution is 0.397. The molecule has 0 bridgehead atoms. The molecule has 5 nitrogen and oxygen atoms in total. The Morgan fingerprint density at radius 2 is 2.50 bits per heavy atom. The third-order valence-corrected chi connectivity index (χ3v) is 2.20. The van der Waals surface area contributed by atoms with Gasteiger partial charge in [-0.3, -0.25) is 0 Å². The Kier molecular flexibility index (Phi) is 2.90. The highest BCUT2D eigenvalue weighted by molar-refractivity contribution is 7.11. The summed E-state index contributed by atoms with van der Waals surface area (Å²) in [6, 6.07) is 0. The highest BCUT2D eigenvalue weighted by Crippen LogP contribution is 2.23. The summed E-state index contributed by atoms with van der Waals surface area (Å²) in [5.74, 6) is 0.614. The number of thiazole rings is 1. The summed E-state index contributed by atoms with van der Waals surface area (Å²) >= 11 is 1.48. The van der Waals surface area contributed by atoms with Crippen molar-refractivity contribution in [1.82, 2.24) is 4.98 Å². The molecule has 0 fully saturated rings. The molecular formula is C6H8N4OS. The number of aryl methyl sites for hydroxylation is 1. The van der Waals surface area contributed by atoms with Crippen molar-refractivity contribution in [3.8, 4) is 5.88 Å². The largest absolute Gasteiger partial charge is 0.480 e. The number of nitrogens with zero attached hydrogens (tertiary/aromatic N) is 4. The molecule has 12 heavy (non-hydrogen) atoms. The minimum absolute atomic E-state index is 0.297. The van der Waals surface area contributed by atoms with Gasteiger partial charge in [0.25, 0.3) is 0 Å². The second-order valence-electron chi connectivity index (χ2n) is 2.06. The average Bonchev–Trinajstić information content (AvgIpc) is 2.43. The summed E-state index contributed by atoms with van der Waals surface area (Å²) in [4.78, 5) is 7.74. The fourth-order valence-electron chi connectivity index (χ4n) is 0.784. The van der Waals surface area contributed by atoms with Crippen molar-refractivity contribution in [3.63, 3.8) is 0 Å². The molecule has 0 amide bonds. The van der Waals surface area contributed by atoms with E-state index >= 15 is 0 Å². The second kappa shape index (κ2) is 3.94. The molecule has 0 aliphatic heterocycles. The average molecular weight is 184 g/mol. The number of aromatic nitrogens is 1. The Balaban J connectivity index is 2.81. The molecule has 0 aromatic carbocycles. The zero-order chi connectivity index (χ0) is 8.97. The number of hydrogen-bond acceptors (Lipinski definition) is 4. The number of ether oxygens (including phenoxy) is 1. The number of azide groups is 1. The van der Waals surface area contributed by atoms with Crippen LogP contribution >= 0.6 is 11.3 Å². The van der Waals surface area contributed by atoms with Crippen molar-refractivity contribution >= 4 is 11.3 Å². The molecule has 1 aromatic heterocycles. The monoisotopic (exact) mass is 184 g/mol. The Bertz CT molecular complexity index is 315. The summed E-state index contributed by atoms with van der Waals surface area (Å²) in [5, 5.41) is 4.18. The highest BCUT2D eigenvalue weighted by atomic mass is 32.1. The third kappa shape index (κ3) is 1.87. The van der Waals surface area contributed by atoms with Gasteiger partial charge in [-0.15, -0.1) is 11.3 Å². The van der Waals surface area contributed by atoms with Crippen molar-refractivity contribution < 1.29 is 4.74 Å². The molecular weight excluding hydrogens is 176 g/mol. The summed E-state index contributed by atoms with van der Waals surface area (Å²) in [6.07, 6.45) is 0. The van der Waals surface area contributed by atoms with E-state index in [1.54, 1.807) is 7.11 Å². The molecule has 0 unspecified atom stereocenters. The second-order valence-corrected chi connectivity index (χ2v) is 3.35. The lowest BCUT2D eigenvalue weighted by atomic mass is 10.6. The first-order valence-electron chi connectivity index (χ1n) is 3.29. The molecule has 0 aliphatic rings. The molecule has 64 valence electrons. The first kappa shape index (κ1) is 8.83. The van der Waals surface area contributed by atoms with Crippen LogP contribution in [-0.2, 0) is 6.54 Å². The van der Waals surface area contributed by atoms with E-state index in [2.05, 4.69) is 15.0 Å². The molecule has 0 N–H and O–H groups in total. The van der Waals surface area contributed by atoms with Gasteiger partial charge in [0.05, 0.1) is 18.5 Å². The molecule has 1 rings (SSSR count). The van der Waals surface area contributed by atoms with Crippen molar-refractivity contribution in [1.29, 1.82) is 0 Å². The first-order chi connectivity index (χ1) is 5.77. The molecule has 0 saturated heterocycles. The van der Waals surface area contributed by atoms with Crippen LogP contribution in [0, 0.1) is 6.92 Å². The van der Waals surface area contributed by atoms with Gasteiger partial charge in [-0.2, -0.15) is 0 Å². The van der Waals surface area contributed by atoms with Gasteiger partial charge < -0.3 is 4.74 Å². The van der Waals surface area contributed by atoms with E-state index in [0.717, 1.165) is 9.88 Å². The van der Waals surface area contributed by atoms with Gasteiger partial charge in [-0.1, -0.05) is 5.11 Å². The minimum atomic E-state index is 0.297. The van der Waals surface area contributed by atoms with Crippen molar-refractivity contribution in [3.05, 3.63) is 20.3 Å². The lowest BCUT2D eigenvalue weighted by Gasteiger charge is -1.91. The van der Waals surface area contributed by atoms with Crippen molar-refractivity contribution in [2.45, 2.75) is 13.5 Å². The van der Waals surface area contributed by atoms with Crippen LogP contribution in [0.4, 0.5) is 0 Å². The third-order valence-electron chi connectivity index (χ3n) is 1.26. The van der Waals surface area contributed by atoms with Gasteiger partial charge in [-0.05, 0) is 12.5 Å². The fraction of sp³-hybridized carbons (Fsp3) is 0.500. The summed E-state index contributed by atoms with van der Waals surface area (Å²) < 4.78 is 4.97. The van der Waals surface area contributed by atoms with E-state index in [1.807, 2.05) is 6.92 Å². The van der Waals surface area contributed by atoms with Gasteiger partial charge in [0.15, 0.2) is 0 Å². The smallest absolute Gasteiger partial charge is 0.227 e. The fourth-order valence-corrected chi connectivity index (χ4v) is 1.60. The van der Waals surface area contributed by atoms with Crippen LogP contribution in [0.3, 0.4) is 0 Å². The highest BCUT2D eigenvalue weighted by Gasteiger charge is 2.05. The zero-order valence-electron chi connectivity index (χ0n) is 6.81. The Morgan fingerprint density at radius 3 is 3.00 bits per heavy atom. The van der Waals surface area contributed by atoms with Crippen LogP contribution in [0.15, 0.2) is 5.11 Å². The SMILES string of the molecule is COc1nc(CN=[N+]=[N-])sc1C. The van der Waals surface area contributed by atoms with Crippen LogP contribution in [-0.4, -0.2) is 12.1 Å². The van der Waals surface area contributed by atoms with Crippen LogP contribution in [0.5, 0.6) is 5.88 Å². The van der Waals surface area contributed by atoms with Crippen molar-refractivity contribution in [2.24, 2.45) is 5.11 Å². The molecule has 0 aliphatic carbocycles. The molecule has 0 saturated carbocycles. The molecule has 1 heterocycles. The number of methoxy groups -OCH3 is 1. The van der Waals surface area contributed by atoms with Gasteiger partial charge in [0, 0.05) is 4.91 Å². The van der Waals surface area contributed by atoms with Gasteiger partial charge in [-0.25, -0.2) is 4.98 Å². The van der Waals surface area contributed by atoms with E-state index in [0.29, 0.717) is 12.4 Å². The van der Waals surface area contributed by atoms with Gasteiger partial charge >= 0.3 is 0 Å². The van der Waals surface area contributed by atoms with E-state index in [4.69, 9.17) is 10.3 Å². The maximum atomic E-state index is 8.06. The first-order valence-corrected chi connectivity index (χ1v) is 4.10. The van der Waals surface area contributed by atoms with Gasteiger partial charge in [0.1, 0.15) is 5.01 Å². The van der Waals surface area contributed by atoms with Crippen LogP contribution in [0.1, 0.15) is 9.88 Å². The molecule has 0 atom stereocenters. The van der Waals surface area contributed by atoms with E-state index in [1.165, 1.54) is 11.3 Å². The van der Waals surface area contributed by atoms with Crippen LogP contribution in [0.25, 0.3) is 10.4 Å². The normalized spacial score (nSPS) is 9.17. The van der Waals surface area contributed by atoms with E-state index < -0.39 is 0 Å². The molecule has 6 heteroatoms. The zero-order valence-corrected chi connectivity index (χ0v) is 7.63. The molecule has 1 aromatic rings. The summed E-state index contributed by atoms with van der Waals surface area (Å²) in [6.45, 7) is 2.21. The maximum absolute atomic E-state index is 8.06. The molecule has 0 spiro atoms. The standard InChI is InChI=1S/C6H8N4OS/c1-4-6(11-2)9-5(12-4)3-8-10-7/h3H2,1-2H3. The topological polar surface area (TPSA) is 70.9 Å². The maximum Gasteiger partial charge on any atom is 0.227 e. The number of rotatable bonds is 3. The van der Waals surface area contributed by atoms with Crippen LogP contribution < -0.4 is 4.74 Å². The Labute approximate surface area is 73.6 Å². The van der Waals surface area contributed by atoms with Crippen molar-refractivity contribution in [2.75, 3.05) is 7.11 Å². The van der Waals surface area contributed by atoms with E-state index in [9.17, 15) is 0 Å². The lowest BCUT2D eigenvalue weighted by Crippen LogP contribution is -1.84. The minimum Gasteiger partial charge on any atom is -0.480 e. The predicted octanol–water partition coefficient (Wildman–Crippen LogP) is 2.27. The number of hydrogen-bond donors (Lipinski definition) is 0. The molecule has 0 radical (unpaired) electrons. The summed E-state index contributed by atoms with van der Waals surface area (Å²) in [7, 11) is 1.57. The van der Waals surface area contributed by atoms with Gasteiger partial charge in [0.2, 0.25) is 5.88 Å². The Hall–Kier alpha value is -1.26. The van der Waals surface area contributed by atoms with E-state index in [-0.39, 0.29) is 0 Å². The predicted molar refractivity (Wildman–Crippen MR) is 46.3 cm³/mol. The van der Waals surface area contributed by atoms with Crippen LogP contribution in [0.2, 0.25) is 0 Å².